The number of methoxy groups -OCH3 is 1. The maximum absolute atomic E-state index is 9.94. The molecule has 1 unspecified atom stereocenters. The molecule has 0 amide bonds. The van der Waals surface area contributed by atoms with Gasteiger partial charge in [-0.2, -0.15) is 4.31 Å². The predicted molar refractivity (Wildman–Crippen MR) is 73.1 cm³/mol. The molecule has 1 atom stereocenters. The number of rotatable bonds is 4. The molecule has 0 saturated carbocycles. The van der Waals surface area contributed by atoms with Gasteiger partial charge in [-0.3, -0.25) is 9.11 Å². The molecule has 1 saturated heterocycles. The van der Waals surface area contributed by atoms with Gasteiger partial charge in [-0.05, 0) is 17.7 Å². The van der Waals surface area contributed by atoms with Crippen LogP contribution in [0, 0.1) is 0 Å². The first kappa shape index (κ1) is 14.6. The molecule has 0 bridgehead atoms. The van der Waals surface area contributed by atoms with E-state index in [4.69, 9.17) is 14.6 Å². The average molecular weight is 289 g/mol. The van der Waals surface area contributed by atoms with Gasteiger partial charge in [0.1, 0.15) is 5.75 Å². The van der Waals surface area contributed by atoms with Crippen LogP contribution in [-0.2, 0) is 11.3 Å². The highest BCUT2D eigenvalue weighted by Gasteiger charge is 2.32. The molecule has 19 heavy (non-hydrogen) atoms. The van der Waals surface area contributed by atoms with Gasteiger partial charge in [-0.1, -0.05) is 12.1 Å². The SMILES string of the molecule is COc1ccc(CN2CC(CO)OCS2(O)O)cc1. The topological polar surface area (TPSA) is 82.4 Å². The minimum absolute atomic E-state index is 0.130. The molecule has 1 aromatic carbocycles. The van der Waals surface area contributed by atoms with Crippen molar-refractivity contribution in [2.75, 3.05) is 26.2 Å². The quantitative estimate of drug-likeness (QED) is 0.779. The molecular formula is C12H19NO5S. The van der Waals surface area contributed by atoms with Crippen molar-refractivity contribution in [2.45, 2.75) is 12.6 Å². The fourth-order valence-electron chi connectivity index (χ4n) is 1.87. The lowest BCUT2D eigenvalue weighted by molar-refractivity contribution is 0.000460. The Bertz CT molecular complexity index is 411. The number of aliphatic hydroxyl groups excluding tert-OH is 1. The monoisotopic (exact) mass is 289 g/mol. The molecule has 3 N–H and O–H groups in total. The summed E-state index contributed by atoms with van der Waals surface area (Å²) in [5.74, 6) is 0.597. The molecule has 0 radical (unpaired) electrons. The minimum Gasteiger partial charge on any atom is -0.497 e. The summed E-state index contributed by atoms with van der Waals surface area (Å²) in [5.41, 5.74) is 0.944. The third-order valence-corrected chi connectivity index (χ3v) is 4.56. The van der Waals surface area contributed by atoms with Gasteiger partial charge in [-0.25, -0.2) is 0 Å². The van der Waals surface area contributed by atoms with E-state index in [0.29, 0.717) is 13.1 Å². The lowest BCUT2D eigenvalue weighted by Gasteiger charge is -2.47. The Hall–Kier alpha value is -0.830. The third-order valence-electron chi connectivity index (χ3n) is 3.00. The van der Waals surface area contributed by atoms with Crippen molar-refractivity contribution in [3.05, 3.63) is 29.8 Å². The molecule has 108 valence electrons. The van der Waals surface area contributed by atoms with Crippen molar-refractivity contribution in [1.29, 1.82) is 0 Å². The van der Waals surface area contributed by atoms with Crippen LogP contribution < -0.4 is 4.74 Å². The van der Waals surface area contributed by atoms with Crippen LogP contribution in [0.2, 0.25) is 0 Å². The molecule has 1 fully saturated rings. The molecule has 7 heteroatoms. The molecule has 0 aromatic heterocycles. The average Bonchev–Trinajstić information content (AvgIpc) is 2.42. The summed E-state index contributed by atoms with van der Waals surface area (Å²) in [6.45, 7) is 0.561. The highest BCUT2D eigenvalue weighted by Crippen LogP contribution is 2.47. The van der Waals surface area contributed by atoms with Crippen molar-refractivity contribution in [3.8, 4) is 5.75 Å². The van der Waals surface area contributed by atoms with Gasteiger partial charge in [0.2, 0.25) is 0 Å². The number of nitrogens with zero attached hydrogens (tertiary/aromatic N) is 1. The van der Waals surface area contributed by atoms with Gasteiger partial charge in [0.15, 0.2) is 5.94 Å². The largest absolute Gasteiger partial charge is 0.497 e. The minimum atomic E-state index is -2.91. The number of hydrogen-bond donors (Lipinski definition) is 3. The van der Waals surface area contributed by atoms with E-state index in [2.05, 4.69) is 0 Å². The molecule has 0 spiro atoms. The van der Waals surface area contributed by atoms with Crippen molar-refractivity contribution in [2.24, 2.45) is 0 Å². The van der Waals surface area contributed by atoms with Crippen LogP contribution in [0.1, 0.15) is 5.56 Å². The summed E-state index contributed by atoms with van der Waals surface area (Å²) in [5, 5.41) is 9.09. The van der Waals surface area contributed by atoms with E-state index in [0.717, 1.165) is 11.3 Å². The molecule has 1 aliphatic heterocycles. The summed E-state index contributed by atoms with van der Waals surface area (Å²) in [7, 11) is -1.32. The van der Waals surface area contributed by atoms with Gasteiger partial charge in [0, 0.05) is 13.1 Å². The normalized spacial score (nSPS) is 24.9. The Labute approximate surface area is 114 Å². The smallest absolute Gasteiger partial charge is 0.151 e. The van der Waals surface area contributed by atoms with Crippen molar-refractivity contribution in [1.82, 2.24) is 4.31 Å². The number of aliphatic hydroxyl groups is 1. The van der Waals surface area contributed by atoms with Crippen LogP contribution in [0.15, 0.2) is 24.3 Å². The maximum atomic E-state index is 9.94. The van der Waals surface area contributed by atoms with Crippen LogP contribution >= 0.6 is 10.8 Å². The molecule has 1 aliphatic rings. The van der Waals surface area contributed by atoms with E-state index in [1.807, 2.05) is 24.3 Å². The first-order valence-electron chi connectivity index (χ1n) is 5.91. The fraction of sp³-hybridized carbons (Fsp3) is 0.500. The molecule has 1 aromatic rings. The second-order valence-electron chi connectivity index (χ2n) is 4.39. The Morgan fingerprint density at radius 1 is 1.37 bits per heavy atom. The highest BCUT2D eigenvalue weighted by atomic mass is 32.3. The van der Waals surface area contributed by atoms with E-state index in [1.165, 1.54) is 0 Å². The maximum Gasteiger partial charge on any atom is 0.151 e. The Balaban J connectivity index is 2.05. The molecule has 1 heterocycles. The molecular weight excluding hydrogens is 270 g/mol. The van der Waals surface area contributed by atoms with Crippen molar-refractivity contribution < 1.29 is 23.7 Å². The molecule has 6 nitrogen and oxygen atoms in total. The van der Waals surface area contributed by atoms with Crippen molar-refractivity contribution >= 4 is 10.8 Å². The Morgan fingerprint density at radius 3 is 2.63 bits per heavy atom. The van der Waals surface area contributed by atoms with Gasteiger partial charge >= 0.3 is 0 Å². The van der Waals surface area contributed by atoms with Gasteiger partial charge in [0.25, 0.3) is 0 Å². The van der Waals surface area contributed by atoms with E-state index in [1.54, 1.807) is 11.4 Å². The number of benzene rings is 1. The molecule has 2 rings (SSSR count). The first-order chi connectivity index (χ1) is 9.05. The van der Waals surface area contributed by atoms with Crippen molar-refractivity contribution in [3.63, 3.8) is 0 Å². The Kier molecular flexibility index (Phi) is 4.67. The third kappa shape index (κ3) is 3.59. The highest BCUT2D eigenvalue weighted by molar-refractivity contribution is 8.22. The standard InChI is InChI=1S/C12H19NO5S/c1-17-11-4-2-10(3-5-11)6-13-7-12(8-14)18-9-19(13,15)16/h2-5,12,14-16H,6-9H2,1H3. The summed E-state index contributed by atoms with van der Waals surface area (Å²) >= 11 is 0. The van der Waals surface area contributed by atoms with E-state index in [-0.39, 0.29) is 18.6 Å². The van der Waals surface area contributed by atoms with Crippen LogP contribution in [0.3, 0.4) is 0 Å². The zero-order valence-corrected chi connectivity index (χ0v) is 11.5. The number of ether oxygens (including phenoxy) is 2. The predicted octanol–water partition coefficient (Wildman–Crippen LogP) is 1.51. The second-order valence-corrected chi connectivity index (χ2v) is 6.41. The lowest BCUT2D eigenvalue weighted by atomic mass is 10.2. The van der Waals surface area contributed by atoms with Crippen LogP contribution in [0.5, 0.6) is 5.75 Å². The summed E-state index contributed by atoms with van der Waals surface area (Å²) in [6.07, 6.45) is -0.377. The zero-order chi connectivity index (χ0) is 13.9. The first-order valence-corrected chi connectivity index (χ1v) is 7.59. The van der Waals surface area contributed by atoms with E-state index >= 15 is 0 Å². The summed E-state index contributed by atoms with van der Waals surface area (Å²) in [4.78, 5) is 0. The van der Waals surface area contributed by atoms with Gasteiger partial charge in [0.05, 0.1) is 19.8 Å². The van der Waals surface area contributed by atoms with Crippen LogP contribution in [0.4, 0.5) is 0 Å². The Morgan fingerprint density at radius 2 is 2.05 bits per heavy atom. The summed E-state index contributed by atoms with van der Waals surface area (Å²) in [6, 6.07) is 7.39. The zero-order valence-electron chi connectivity index (χ0n) is 10.7. The summed E-state index contributed by atoms with van der Waals surface area (Å²) < 4.78 is 31.7. The number of hydrogen-bond acceptors (Lipinski definition) is 6. The second kappa shape index (κ2) is 6.08. The van der Waals surface area contributed by atoms with E-state index < -0.39 is 10.8 Å². The van der Waals surface area contributed by atoms with Crippen LogP contribution in [0.25, 0.3) is 0 Å². The lowest BCUT2D eigenvalue weighted by Crippen LogP contribution is -2.44. The van der Waals surface area contributed by atoms with Crippen LogP contribution in [-0.4, -0.2) is 50.8 Å². The van der Waals surface area contributed by atoms with Gasteiger partial charge in [-0.15, -0.1) is 10.8 Å². The molecule has 0 aliphatic carbocycles. The van der Waals surface area contributed by atoms with E-state index in [9.17, 15) is 9.11 Å². The fourth-order valence-corrected chi connectivity index (χ4v) is 3.16. The van der Waals surface area contributed by atoms with Gasteiger partial charge < -0.3 is 14.6 Å².